The van der Waals surface area contributed by atoms with Gasteiger partial charge in [0, 0.05) is 12.2 Å². The topological polar surface area (TPSA) is 56.7 Å². The summed E-state index contributed by atoms with van der Waals surface area (Å²) >= 11 is 0. The Kier molecular flexibility index (Phi) is 3.14. The maximum atomic E-state index is 6.09. The fourth-order valence-corrected chi connectivity index (χ4v) is 2.61. The number of pyridine rings is 1. The molecule has 3 rings (SSSR count). The summed E-state index contributed by atoms with van der Waals surface area (Å²) in [5, 5.41) is 0. The van der Waals surface area contributed by atoms with Crippen LogP contribution in [0, 0.1) is 6.92 Å². The fourth-order valence-electron chi connectivity index (χ4n) is 2.61. The first-order valence-electron chi connectivity index (χ1n) is 6.79. The third-order valence-electron chi connectivity index (χ3n) is 3.62. The van der Waals surface area contributed by atoms with E-state index in [0.717, 1.165) is 23.1 Å². The minimum atomic E-state index is 0.219. The van der Waals surface area contributed by atoms with E-state index in [4.69, 9.17) is 5.73 Å². The SMILES string of the molecule is Cc1ccnc2c1nc(N)n2C(C)Cc1ccccc1. The van der Waals surface area contributed by atoms with Crippen LogP contribution in [0.5, 0.6) is 0 Å². The van der Waals surface area contributed by atoms with E-state index in [-0.39, 0.29) is 6.04 Å². The van der Waals surface area contributed by atoms with Crippen molar-refractivity contribution < 1.29 is 0 Å². The van der Waals surface area contributed by atoms with Crippen molar-refractivity contribution in [3.8, 4) is 0 Å². The molecule has 0 saturated heterocycles. The van der Waals surface area contributed by atoms with E-state index < -0.39 is 0 Å². The molecule has 0 amide bonds. The number of nitrogens with two attached hydrogens (primary N) is 1. The number of hydrogen-bond acceptors (Lipinski definition) is 3. The Bertz CT molecular complexity index is 731. The normalized spacial score (nSPS) is 12.7. The molecule has 2 N–H and O–H groups in total. The van der Waals surface area contributed by atoms with Crippen molar-refractivity contribution in [3.05, 3.63) is 53.7 Å². The molecular formula is C16H18N4. The molecule has 1 aromatic carbocycles. The van der Waals surface area contributed by atoms with Gasteiger partial charge in [-0.2, -0.15) is 0 Å². The Morgan fingerprint density at radius 3 is 2.70 bits per heavy atom. The standard InChI is InChI=1S/C16H18N4/c1-11-8-9-18-15-14(11)19-16(17)20(15)12(2)10-13-6-4-3-5-7-13/h3-9,12H,10H2,1-2H3,(H2,17,19). The summed E-state index contributed by atoms with van der Waals surface area (Å²) < 4.78 is 2.02. The summed E-state index contributed by atoms with van der Waals surface area (Å²) in [5.74, 6) is 0.533. The molecule has 0 spiro atoms. The predicted octanol–water partition coefficient (Wildman–Crippen LogP) is 3.13. The summed E-state index contributed by atoms with van der Waals surface area (Å²) in [6, 6.07) is 12.6. The Hall–Kier alpha value is -2.36. The van der Waals surface area contributed by atoms with Gasteiger partial charge in [-0.05, 0) is 37.5 Å². The van der Waals surface area contributed by atoms with Gasteiger partial charge in [0.05, 0.1) is 0 Å². The molecule has 102 valence electrons. The van der Waals surface area contributed by atoms with E-state index in [1.54, 1.807) is 0 Å². The number of imidazole rings is 1. The van der Waals surface area contributed by atoms with Gasteiger partial charge < -0.3 is 5.73 Å². The first-order chi connectivity index (χ1) is 9.66. The third kappa shape index (κ3) is 2.13. The van der Waals surface area contributed by atoms with E-state index in [1.807, 2.05) is 29.8 Å². The minimum Gasteiger partial charge on any atom is -0.369 e. The summed E-state index contributed by atoms with van der Waals surface area (Å²) in [7, 11) is 0. The monoisotopic (exact) mass is 266 g/mol. The average Bonchev–Trinajstić information content (AvgIpc) is 2.78. The van der Waals surface area contributed by atoms with E-state index >= 15 is 0 Å². The zero-order valence-electron chi connectivity index (χ0n) is 11.7. The van der Waals surface area contributed by atoms with Crippen LogP contribution in [0.4, 0.5) is 5.95 Å². The van der Waals surface area contributed by atoms with Crippen molar-refractivity contribution >= 4 is 17.1 Å². The zero-order chi connectivity index (χ0) is 14.1. The van der Waals surface area contributed by atoms with Crippen LogP contribution in [0.1, 0.15) is 24.1 Å². The molecule has 2 aromatic heterocycles. The van der Waals surface area contributed by atoms with E-state index in [1.165, 1.54) is 5.56 Å². The summed E-state index contributed by atoms with van der Waals surface area (Å²) in [6.07, 6.45) is 2.72. The van der Waals surface area contributed by atoms with Crippen molar-refractivity contribution in [2.45, 2.75) is 26.3 Å². The average molecular weight is 266 g/mol. The van der Waals surface area contributed by atoms with Crippen LogP contribution in [0.3, 0.4) is 0 Å². The van der Waals surface area contributed by atoms with Crippen LogP contribution in [0.15, 0.2) is 42.6 Å². The van der Waals surface area contributed by atoms with Gasteiger partial charge in [-0.15, -0.1) is 0 Å². The molecule has 4 nitrogen and oxygen atoms in total. The molecule has 0 saturated carbocycles. The number of nitrogens with zero attached hydrogens (tertiary/aromatic N) is 3. The fraction of sp³-hybridized carbons (Fsp3) is 0.250. The number of anilines is 1. The molecule has 0 bridgehead atoms. The molecule has 0 radical (unpaired) electrons. The summed E-state index contributed by atoms with van der Waals surface area (Å²) in [4.78, 5) is 8.90. The number of nitrogen functional groups attached to an aromatic ring is 1. The lowest BCUT2D eigenvalue weighted by atomic mass is 10.1. The number of aryl methyl sites for hydroxylation is 1. The van der Waals surface area contributed by atoms with Gasteiger partial charge in [0.25, 0.3) is 0 Å². The molecule has 0 aliphatic rings. The Labute approximate surface area is 118 Å². The highest BCUT2D eigenvalue weighted by atomic mass is 15.2. The molecular weight excluding hydrogens is 248 g/mol. The second-order valence-electron chi connectivity index (χ2n) is 5.18. The molecule has 3 aromatic rings. The Morgan fingerprint density at radius 1 is 1.20 bits per heavy atom. The van der Waals surface area contributed by atoms with Crippen LogP contribution >= 0.6 is 0 Å². The molecule has 1 unspecified atom stereocenters. The van der Waals surface area contributed by atoms with Crippen LogP contribution in [0.2, 0.25) is 0 Å². The maximum absolute atomic E-state index is 6.09. The first kappa shape index (κ1) is 12.7. The largest absolute Gasteiger partial charge is 0.369 e. The van der Waals surface area contributed by atoms with E-state index in [9.17, 15) is 0 Å². The van der Waals surface area contributed by atoms with Crippen molar-refractivity contribution in [1.82, 2.24) is 14.5 Å². The van der Waals surface area contributed by atoms with E-state index in [2.05, 4.69) is 41.2 Å². The zero-order valence-corrected chi connectivity index (χ0v) is 11.7. The molecule has 2 heterocycles. The molecule has 20 heavy (non-hydrogen) atoms. The molecule has 4 heteroatoms. The van der Waals surface area contributed by atoms with Gasteiger partial charge in [-0.25, -0.2) is 9.97 Å². The van der Waals surface area contributed by atoms with Crippen LogP contribution in [-0.2, 0) is 6.42 Å². The summed E-state index contributed by atoms with van der Waals surface area (Å²) in [6.45, 7) is 4.18. The number of aromatic nitrogens is 3. The van der Waals surface area contributed by atoms with Crippen LogP contribution < -0.4 is 5.73 Å². The van der Waals surface area contributed by atoms with Crippen molar-refractivity contribution in [2.24, 2.45) is 0 Å². The van der Waals surface area contributed by atoms with Crippen molar-refractivity contribution in [3.63, 3.8) is 0 Å². The lowest BCUT2D eigenvalue weighted by molar-refractivity contribution is 0.563. The Morgan fingerprint density at radius 2 is 1.95 bits per heavy atom. The lowest BCUT2D eigenvalue weighted by Gasteiger charge is -2.15. The lowest BCUT2D eigenvalue weighted by Crippen LogP contribution is -2.11. The van der Waals surface area contributed by atoms with Gasteiger partial charge >= 0.3 is 0 Å². The number of hydrogen-bond donors (Lipinski definition) is 1. The van der Waals surface area contributed by atoms with Gasteiger partial charge in [-0.3, -0.25) is 4.57 Å². The highest BCUT2D eigenvalue weighted by molar-refractivity contribution is 5.77. The van der Waals surface area contributed by atoms with Gasteiger partial charge in [0.15, 0.2) is 5.65 Å². The molecule has 0 aliphatic carbocycles. The number of rotatable bonds is 3. The number of benzene rings is 1. The van der Waals surface area contributed by atoms with Crippen molar-refractivity contribution in [1.29, 1.82) is 0 Å². The highest BCUT2D eigenvalue weighted by Gasteiger charge is 2.16. The van der Waals surface area contributed by atoms with Gasteiger partial charge in [-0.1, -0.05) is 30.3 Å². The molecule has 0 aliphatic heterocycles. The van der Waals surface area contributed by atoms with Crippen molar-refractivity contribution in [2.75, 3.05) is 5.73 Å². The second-order valence-corrected chi connectivity index (χ2v) is 5.18. The van der Waals surface area contributed by atoms with Gasteiger partial charge in [0.1, 0.15) is 5.52 Å². The summed E-state index contributed by atoms with van der Waals surface area (Å²) in [5.41, 5.74) is 10.2. The van der Waals surface area contributed by atoms with Crippen LogP contribution in [-0.4, -0.2) is 14.5 Å². The quantitative estimate of drug-likeness (QED) is 0.792. The van der Waals surface area contributed by atoms with Crippen LogP contribution in [0.25, 0.3) is 11.2 Å². The minimum absolute atomic E-state index is 0.219. The number of fused-ring (bicyclic) bond motifs is 1. The molecule has 1 atom stereocenters. The third-order valence-corrected chi connectivity index (χ3v) is 3.62. The Balaban J connectivity index is 2.01. The highest BCUT2D eigenvalue weighted by Crippen LogP contribution is 2.25. The maximum Gasteiger partial charge on any atom is 0.202 e. The first-order valence-corrected chi connectivity index (χ1v) is 6.79. The predicted molar refractivity (Wildman–Crippen MR) is 81.5 cm³/mol. The van der Waals surface area contributed by atoms with E-state index in [0.29, 0.717) is 5.95 Å². The smallest absolute Gasteiger partial charge is 0.202 e. The molecule has 0 fully saturated rings. The van der Waals surface area contributed by atoms with Gasteiger partial charge in [0.2, 0.25) is 5.95 Å². The second kappa shape index (κ2) is 4.96.